The lowest BCUT2D eigenvalue weighted by Gasteiger charge is -2.16. The third kappa shape index (κ3) is 6.10. The van der Waals surface area contributed by atoms with Gasteiger partial charge in [0.2, 0.25) is 0 Å². The molecule has 1 N–H and O–H groups in total. The first-order valence-corrected chi connectivity index (χ1v) is 9.48. The number of aromatic nitrogens is 1. The molecule has 0 spiro atoms. The molecule has 0 aliphatic rings. The number of rotatable bonds is 7. The molecule has 7 heteroatoms. The molecule has 0 fully saturated rings. The van der Waals surface area contributed by atoms with Crippen LogP contribution in [0.2, 0.25) is 0 Å². The summed E-state index contributed by atoms with van der Waals surface area (Å²) in [5.41, 5.74) is 1.86. The predicted octanol–water partition coefficient (Wildman–Crippen LogP) is 3.76. The summed E-state index contributed by atoms with van der Waals surface area (Å²) in [7, 11) is 0. The van der Waals surface area contributed by atoms with Gasteiger partial charge in [-0.3, -0.25) is 4.79 Å². The van der Waals surface area contributed by atoms with Crippen LogP contribution in [0.5, 0.6) is 0 Å². The van der Waals surface area contributed by atoms with Gasteiger partial charge in [-0.2, -0.15) is 0 Å². The maximum atomic E-state index is 12.4. The van der Waals surface area contributed by atoms with Gasteiger partial charge in [-0.05, 0) is 41.8 Å². The van der Waals surface area contributed by atoms with Crippen LogP contribution in [0, 0.1) is 0 Å². The summed E-state index contributed by atoms with van der Waals surface area (Å²) < 4.78 is 5.66. The van der Waals surface area contributed by atoms with Gasteiger partial charge in [-0.15, -0.1) is 11.3 Å². The molecular weight excluding hydrogens is 404 g/mol. The zero-order valence-corrected chi connectivity index (χ0v) is 16.4. The molecule has 0 aliphatic carbocycles. The Bertz CT molecular complexity index is 759. The van der Waals surface area contributed by atoms with Crippen molar-refractivity contribution in [2.75, 3.05) is 6.61 Å². The van der Waals surface area contributed by atoms with E-state index in [9.17, 15) is 9.59 Å². The van der Waals surface area contributed by atoms with Crippen molar-refractivity contribution in [1.82, 2.24) is 10.3 Å². The van der Waals surface area contributed by atoms with Crippen molar-refractivity contribution in [2.45, 2.75) is 26.3 Å². The van der Waals surface area contributed by atoms with Gasteiger partial charge in [-0.1, -0.05) is 36.4 Å². The fourth-order valence-corrected chi connectivity index (χ4v) is 3.22. The van der Waals surface area contributed by atoms with E-state index in [1.165, 1.54) is 11.3 Å². The van der Waals surface area contributed by atoms with Crippen LogP contribution in [0.4, 0.5) is 0 Å². The molecule has 0 aliphatic heterocycles. The van der Waals surface area contributed by atoms with Crippen LogP contribution in [-0.4, -0.2) is 29.5 Å². The van der Waals surface area contributed by atoms with E-state index in [4.69, 9.17) is 4.74 Å². The van der Waals surface area contributed by atoms with E-state index in [-0.39, 0.29) is 17.9 Å². The molecule has 1 aromatic carbocycles. The standard InChI is InChI=1S/C18H19BrN2O3S/c1-3-24-17(23)12(2)9-14(10-13-7-5-4-6-8-13)20-16(22)15-11-25-18(19)21-15/h4-9,11,14H,3,10H2,1-2H3,(H,20,22)/b12-9+/t14-/m1/s1. The smallest absolute Gasteiger partial charge is 0.333 e. The molecule has 0 saturated heterocycles. The van der Waals surface area contributed by atoms with Gasteiger partial charge in [0.05, 0.1) is 12.6 Å². The zero-order chi connectivity index (χ0) is 18.2. The lowest BCUT2D eigenvalue weighted by molar-refractivity contribution is -0.138. The van der Waals surface area contributed by atoms with Crippen molar-refractivity contribution in [3.63, 3.8) is 0 Å². The average Bonchev–Trinajstić information content (AvgIpc) is 3.02. The molecule has 25 heavy (non-hydrogen) atoms. The molecule has 0 radical (unpaired) electrons. The lowest BCUT2D eigenvalue weighted by Crippen LogP contribution is -2.35. The van der Waals surface area contributed by atoms with E-state index < -0.39 is 0 Å². The first kappa shape index (κ1) is 19.3. The van der Waals surface area contributed by atoms with Crippen molar-refractivity contribution in [3.8, 4) is 0 Å². The minimum absolute atomic E-state index is 0.282. The lowest BCUT2D eigenvalue weighted by atomic mass is 10.0. The number of hydrogen-bond acceptors (Lipinski definition) is 5. The Hall–Kier alpha value is -1.99. The van der Waals surface area contributed by atoms with E-state index >= 15 is 0 Å². The molecule has 1 amide bonds. The summed E-state index contributed by atoms with van der Waals surface area (Å²) in [6.45, 7) is 3.75. The number of nitrogens with one attached hydrogen (secondary N) is 1. The molecule has 0 bridgehead atoms. The number of esters is 1. The quantitative estimate of drug-likeness (QED) is 0.544. The summed E-state index contributed by atoms with van der Waals surface area (Å²) in [5.74, 6) is -0.665. The number of amides is 1. The molecule has 1 aromatic heterocycles. The number of carbonyl (C=O) groups excluding carboxylic acids is 2. The molecule has 1 atom stereocenters. The SMILES string of the molecule is CCOC(=O)/C(C)=C/[C@H](Cc1ccccc1)NC(=O)c1csc(Br)n1. The Labute approximate surface area is 159 Å². The van der Waals surface area contributed by atoms with Gasteiger partial charge in [-0.25, -0.2) is 9.78 Å². The van der Waals surface area contributed by atoms with E-state index in [2.05, 4.69) is 26.2 Å². The highest BCUT2D eigenvalue weighted by Crippen LogP contribution is 2.16. The van der Waals surface area contributed by atoms with Crippen LogP contribution in [0.15, 0.2) is 51.3 Å². The van der Waals surface area contributed by atoms with Crippen LogP contribution in [-0.2, 0) is 16.0 Å². The molecule has 5 nitrogen and oxygen atoms in total. The van der Waals surface area contributed by atoms with E-state index in [0.29, 0.717) is 28.2 Å². The number of thiazole rings is 1. The normalized spacial score (nSPS) is 12.5. The summed E-state index contributed by atoms with van der Waals surface area (Å²) in [6, 6.07) is 9.42. The van der Waals surface area contributed by atoms with Crippen molar-refractivity contribution in [1.29, 1.82) is 0 Å². The molecule has 1 heterocycles. The van der Waals surface area contributed by atoms with Crippen molar-refractivity contribution in [3.05, 3.63) is 62.5 Å². The van der Waals surface area contributed by atoms with Gasteiger partial charge in [0.25, 0.3) is 5.91 Å². The second-order valence-corrected chi connectivity index (χ2v) is 7.46. The molecular formula is C18H19BrN2O3S. The second kappa shape index (κ2) is 9.48. The Morgan fingerprint density at radius 2 is 2.08 bits per heavy atom. The van der Waals surface area contributed by atoms with Crippen LogP contribution in [0.25, 0.3) is 0 Å². The van der Waals surface area contributed by atoms with Crippen LogP contribution >= 0.6 is 27.3 Å². The van der Waals surface area contributed by atoms with Gasteiger partial charge in [0, 0.05) is 11.0 Å². The largest absolute Gasteiger partial charge is 0.463 e. The number of hydrogen-bond donors (Lipinski definition) is 1. The summed E-state index contributed by atoms with van der Waals surface area (Å²) >= 11 is 4.60. The third-order valence-corrected chi connectivity index (χ3v) is 4.74. The number of benzene rings is 1. The fraction of sp³-hybridized carbons (Fsp3) is 0.278. The minimum atomic E-state index is -0.383. The van der Waals surface area contributed by atoms with Crippen LogP contribution in [0.1, 0.15) is 29.9 Å². The molecule has 0 saturated carbocycles. The second-order valence-electron chi connectivity index (χ2n) is 5.33. The first-order chi connectivity index (χ1) is 12.0. The van der Waals surface area contributed by atoms with Crippen molar-refractivity contribution >= 4 is 39.1 Å². The van der Waals surface area contributed by atoms with Gasteiger partial charge in [0.1, 0.15) is 5.69 Å². The van der Waals surface area contributed by atoms with Crippen molar-refractivity contribution in [2.24, 2.45) is 0 Å². The highest BCUT2D eigenvalue weighted by Gasteiger charge is 2.17. The van der Waals surface area contributed by atoms with E-state index in [0.717, 1.165) is 5.56 Å². The van der Waals surface area contributed by atoms with E-state index in [1.54, 1.807) is 25.3 Å². The monoisotopic (exact) mass is 422 g/mol. The number of ether oxygens (including phenoxy) is 1. The Kier molecular flexibility index (Phi) is 7.33. The topological polar surface area (TPSA) is 68.3 Å². The highest BCUT2D eigenvalue weighted by molar-refractivity contribution is 9.11. The van der Waals surface area contributed by atoms with Gasteiger partial charge in [0.15, 0.2) is 3.92 Å². The van der Waals surface area contributed by atoms with Crippen LogP contribution in [0.3, 0.4) is 0 Å². The fourth-order valence-electron chi connectivity index (χ4n) is 2.23. The molecule has 2 rings (SSSR count). The van der Waals surface area contributed by atoms with E-state index in [1.807, 2.05) is 30.3 Å². The molecule has 132 valence electrons. The minimum Gasteiger partial charge on any atom is -0.463 e. The molecule has 0 unspecified atom stereocenters. The average molecular weight is 423 g/mol. The number of nitrogens with zero attached hydrogens (tertiary/aromatic N) is 1. The van der Waals surface area contributed by atoms with Gasteiger partial charge >= 0.3 is 5.97 Å². The highest BCUT2D eigenvalue weighted by atomic mass is 79.9. The van der Waals surface area contributed by atoms with Crippen LogP contribution < -0.4 is 5.32 Å². The Balaban J connectivity index is 2.17. The number of halogens is 1. The first-order valence-electron chi connectivity index (χ1n) is 7.81. The van der Waals surface area contributed by atoms with Gasteiger partial charge < -0.3 is 10.1 Å². The molecule has 2 aromatic rings. The Morgan fingerprint density at radius 3 is 2.68 bits per heavy atom. The predicted molar refractivity (Wildman–Crippen MR) is 102 cm³/mol. The summed E-state index contributed by atoms with van der Waals surface area (Å²) in [6.07, 6.45) is 2.29. The zero-order valence-electron chi connectivity index (χ0n) is 14.0. The summed E-state index contributed by atoms with van der Waals surface area (Å²) in [4.78, 5) is 28.4. The summed E-state index contributed by atoms with van der Waals surface area (Å²) in [5, 5.41) is 4.60. The van der Waals surface area contributed by atoms with Crippen molar-refractivity contribution < 1.29 is 14.3 Å². The Morgan fingerprint density at radius 1 is 1.36 bits per heavy atom. The maximum Gasteiger partial charge on any atom is 0.333 e. The third-order valence-electron chi connectivity index (χ3n) is 3.37. The number of carbonyl (C=O) groups is 2. The maximum absolute atomic E-state index is 12.4.